The van der Waals surface area contributed by atoms with E-state index in [2.05, 4.69) is 10.7 Å². The summed E-state index contributed by atoms with van der Waals surface area (Å²) in [6.45, 7) is 2.50. The van der Waals surface area contributed by atoms with Crippen LogP contribution in [0.1, 0.15) is 24.5 Å². The van der Waals surface area contributed by atoms with Crippen LogP contribution in [-0.2, 0) is 21.7 Å². The molecule has 0 saturated carbocycles. The number of thiophene rings is 1. The average Bonchev–Trinajstić information content (AvgIpc) is 3.24. The maximum atomic E-state index is 13.0. The van der Waals surface area contributed by atoms with Gasteiger partial charge in [-0.05, 0) is 41.4 Å². The fraction of sp³-hybridized carbons (Fsp3) is 0.316. The van der Waals surface area contributed by atoms with Crippen LogP contribution < -0.4 is 10.7 Å². The van der Waals surface area contributed by atoms with Gasteiger partial charge in [-0.1, -0.05) is 37.3 Å². The second-order valence-corrected chi connectivity index (χ2v) is 7.31. The summed E-state index contributed by atoms with van der Waals surface area (Å²) in [6, 6.07) is 10.4. The van der Waals surface area contributed by atoms with Gasteiger partial charge in [0.1, 0.15) is 5.54 Å². The van der Waals surface area contributed by atoms with Gasteiger partial charge in [-0.2, -0.15) is 16.3 Å². The van der Waals surface area contributed by atoms with Crippen LogP contribution in [0.2, 0.25) is 0 Å². The first-order chi connectivity index (χ1) is 13.0. The molecule has 1 saturated heterocycles. The molecule has 7 nitrogen and oxygen atoms in total. The van der Waals surface area contributed by atoms with E-state index in [0.717, 1.165) is 10.6 Å². The SMILES string of the molecule is CC[C@]1(c2ccccc2)NC(=O)N(NC(=O)CN(C)Cc2ccsc2)C1=O. The Bertz CT molecular complexity index is 825. The largest absolute Gasteiger partial charge is 0.344 e. The van der Waals surface area contributed by atoms with E-state index in [1.807, 2.05) is 53.9 Å². The van der Waals surface area contributed by atoms with Crippen LogP contribution in [0.4, 0.5) is 4.79 Å². The number of nitrogens with zero attached hydrogens (tertiary/aromatic N) is 2. The maximum absolute atomic E-state index is 13.0. The molecule has 3 rings (SSSR count). The van der Waals surface area contributed by atoms with Gasteiger partial charge in [0.15, 0.2) is 0 Å². The van der Waals surface area contributed by atoms with Crippen molar-refractivity contribution < 1.29 is 14.4 Å². The molecule has 0 radical (unpaired) electrons. The molecule has 4 amide bonds. The highest BCUT2D eigenvalue weighted by Crippen LogP contribution is 2.31. The number of urea groups is 1. The smallest absolute Gasteiger partial charge is 0.318 e. The van der Waals surface area contributed by atoms with Crippen molar-refractivity contribution in [3.8, 4) is 0 Å². The summed E-state index contributed by atoms with van der Waals surface area (Å²) in [5, 5.41) is 7.52. The van der Waals surface area contributed by atoms with Crippen LogP contribution in [0, 0.1) is 0 Å². The van der Waals surface area contributed by atoms with E-state index in [0.29, 0.717) is 18.5 Å². The molecule has 8 heteroatoms. The number of rotatable bonds is 7. The predicted molar refractivity (Wildman–Crippen MR) is 103 cm³/mol. The lowest BCUT2D eigenvalue weighted by molar-refractivity contribution is -0.139. The summed E-state index contributed by atoms with van der Waals surface area (Å²) in [6.07, 6.45) is 0.381. The Kier molecular flexibility index (Phi) is 5.57. The molecule has 1 atom stereocenters. The van der Waals surface area contributed by atoms with Gasteiger partial charge in [-0.15, -0.1) is 0 Å². The van der Waals surface area contributed by atoms with Crippen LogP contribution in [0.25, 0.3) is 0 Å². The fourth-order valence-corrected chi connectivity index (χ4v) is 3.85. The van der Waals surface area contributed by atoms with Gasteiger partial charge >= 0.3 is 6.03 Å². The lowest BCUT2D eigenvalue weighted by Gasteiger charge is -2.25. The second kappa shape index (κ2) is 7.89. The van der Waals surface area contributed by atoms with Crippen molar-refractivity contribution in [1.82, 2.24) is 20.7 Å². The van der Waals surface area contributed by atoms with Gasteiger partial charge in [0.25, 0.3) is 11.8 Å². The highest BCUT2D eigenvalue weighted by Gasteiger charge is 2.52. The molecular formula is C19H22N4O3S. The van der Waals surface area contributed by atoms with E-state index in [1.165, 1.54) is 0 Å². The Morgan fingerprint density at radius 3 is 2.63 bits per heavy atom. The number of carbonyl (C=O) groups excluding carboxylic acids is 3. The number of hydrazine groups is 1. The molecule has 0 unspecified atom stereocenters. The Morgan fingerprint density at radius 1 is 1.26 bits per heavy atom. The van der Waals surface area contributed by atoms with Crippen molar-refractivity contribution in [2.45, 2.75) is 25.4 Å². The van der Waals surface area contributed by atoms with Crippen LogP contribution in [0.15, 0.2) is 47.2 Å². The Labute approximate surface area is 161 Å². The molecular weight excluding hydrogens is 364 g/mol. The van der Waals surface area contributed by atoms with Crippen molar-refractivity contribution in [3.63, 3.8) is 0 Å². The number of nitrogens with one attached hydrogen (secondary N) is 2. The van der Waals surface area contributed by atoms with Gasteiger partial charge in [0, 0.05) is 6.54 Å². The van der Waals surface area contributed by atoms with E-state index < -0.39 is 23.4 Å². The van der Waals surface area contributed by atoms with Crippen LogP contribution in [-0.4, -0.2) is 41.3 Å². The van der Waals surface area contributed by atoms with Gasteiger partial charge in [-0.25, -0.2) is 4.79 Å². The lowest BCUT2D eigenvalue weighted by Crippen LogP contribution is -2.50. The first-order valence-electron chi connectivity index (χ1n) is 8.67. The second-order valence-electron chi connectivity index (χ2n) is 6.53. The summed E-state index contributed by atoms with van der Waals surface area (Å²) in [5.74, 6) is -0.897. The molecule has 27 heavy (non-hydrogen) atoms. The molecule has 0 spiro atoms. The number of hydrogen-bond donors (Lipinski definition) is 2. The molecule has 0 bridgehead atoms. The zero-order chi connectivity index (χ0) is 19.4. The summed E-state index contributed by atoms with van der Waals surface area (Å²) in [7, 11) is 1.81. The van der Waals surface area contributed by atoms with Crippen molar-refractivity contribution in [1.29, 1.82) is 0 Å². The fourth-order valence-electron chi connectivity index (χ4n) is 3.19. The summed E-state index contributed by atoms with van der Waals surface area (Å²) in [4.78, 5) is 39.5. The van der Waals surface area contributed by atoms with Crippen LogP contribution >= 0.6 is 11.3 Å². The van der Waals surface area contributed by atoms with Crippen molar-refractivity contribution in [2.75, 3.05) is 13.6 Å². The summed E-state index contributed by atoms with van der Waals surface area (Å²) in [5.41, 5.74) is 3.09. The molecule has 1 fully saturated rings. The van der Waals surface area contributed by atoms with Gasteiger partial charge in [-0.3, -0.25) is 19.9 Å². The number of amides is 4. The van der Waals surface area contributed by atoms with E-state index in [1.54, 1.807) is 23.5 Å². The van der Waals surface area contributed by atoms with Crippen molar-refractivity contribution in [2.24, 2.45) is 0 Å². The van der Waals surface area contributed by atoms with Crippen LogP contribution in [0.3, 0.4) is 0 Å². The van der Waals surface area contributed by atoms with Crippen molar-refractivity contribution in [3.05, 3.63) is 58.3 Å². The molecule has 1 aromatic heterocycles. The minimum Gasteiger partial charge on any atom is -0.318 e. The molecule has 2 heterocycles. The third-order valence-electron chi connectivity index (χ3n) is 4.57. The molecule has 142 valence electrons. The van der Waals surface area contributed by atoms with Crippen molar-refractivity contribution >= 4 is 29.2 Å². The lowest BCUT2D eigenvalue weighted by atomic mass is 9.87. The topological polar surface area (TPSA) is 81.8 Å². The highest BCUT2D eigenvalue weighted by molar-refractivity contribution is 7.07. The first-order valence-corrected chi connectivity index (χ1v) is 9.62. The molecule has 1 aliphatic rings. The van der Waals surface area contributed by atoms with E-state index in [9.17, 15) is 14.4 Å². The normalized spacial score (nSPS) is 19.4. The minimum atomic E-state index is -1.16. The zero-order valence-corrected chi connectivity index (χ0v) is 16.1. The number of imide groups is 1. The number of likely N-dealkylation sites (N-methyl/N-ethyl adjacent to an activating group) is 1. The van der Waals surface area contributed by atoms with Gasteiger partial charge in [0.2, 0.25) is 0 Å². The van der Waals surface area contributed by atoms with Gasteiger partial charge < -0.3 is 5.32 Å². The first kappa shape index (κ1) is 19.1. The summed E-state index contributed by atoms with van der Waals surface area (Å²) >= 11 is 1.59. The zero-order valence-electron chi connectivity index (χ0n) is 15.3. The van der Waals surface area contributed by atoms with Crippen LogP contribution in [0.5, 0.6) is 0 Å². The molecule has 2 N–H and O–H groups in total. The minimum absolute atomic E-state index is 0.0668. The molecule has 1 aromatic carbocycles. The Hall–Kier alpha value is -2.71. The van der Waals surface area contributed by atoms with Gasteiger partial charge in [0.05, 0.1) is 6.54 Å². The molecule has 0 aliphatic carbocycles. The quantitative estimate of drug-likeness (QED) is 0.714. The Morgan fingerprint density at radius 2 is 2.00 bits per heavy atom. The van der Waals surface area contributed by atoms with E-state index >= 15 is 0 Å². The van der Waals surface area contributed by atoms with E-state index in [-0.39, 0.29) is 6.54 Å². The predicted octanol–water partition coefficient (Wildman–Crippen LogP) is 2.07. The standard InChI is InChI=1S/C19H22N4O3S/c1-3-19(15-7-5-4-6-8-15)17(25)23(18(26)20-19)21-16(24)12-22(2)11-14-9-10-27-13-14/h4-10,13H,3,11-12H2,1-2H3,(H,20,26)(H,21,24)/t19-/m1/s1. The summed E-state index contributed by atoms with van der Waals surface area (Å²) < 4.78 is 0. The number of carbonyl (C=O) groups is 3. The average molecular weight is 386 g/mol. The third-order valence-corrected chi connectivity index (χ3v) is 5.30. The maximum Gasteiger partial charge on any atom is 0.344 e. The highest BCUT2D eigenvalue weighted by atomic mass is 32.1. The van der Waals surface area contributed by atoms with E-state index in [4.69, 9.17) is 0 Å². The third kappa shape index (κ3) is 3.86. The Balaban J connectivity index is 1.67. The number of benzene rings is 1. The molecule has 2 aromatic rings. The number of hydrogen-bond acceptors (Lipinski definition) is 5. The molecule has 1 aliphatic heterocycles. The monoisotopic (exact) mass is 386 g/mol.